The van der Waals surface area contributed by atoms with E-state index in [0.717, 1.165) is 0 Å². The fourth-order valence-electron chi connectivity index (χ4n) is 1.68. The third-order valence-electron chi connectivity index (χ3n) is 2.52. The number of carboxylic acids is 2. The molecule has 0 bridgehead atoms. The minimum atomic E-state index is -1.30. The molecule has 1 aliphatic rings. The molecule has 0 radical (unpaired) electrons. The summed E-state index contributed by atoms with van der Waals surface area (Å²) in [5.74, 6) is -2.71. The lowest BCUT2D eigenvalue weighted by atomic mass is 10.2. The van der Waals surface area contributed by atoms with Crippen molar-refractivity contribution >= 4 is 23.9 Å². The van der Waals surface area contributed by atoms with E-state index in [2.05, 4.69) is 10.6 Å². The van der Waals surface area contributed by atoms with Gasteiger partial charge in [-0.25, -0.2) is 4.79 Å². The maximum Gasteiger partial charge on any atom is 0.323 e. The maximum absolute atomic E-state index is 11.6. The predicted molar refractivity (Wildman–Crippen MR) is 61.4 cm³/mol. The first kappa shape index (κ1) is 14.7. The zero-order chi connectivity index (χ0) is 14.4. The van der Waals surface area contributed by atoms with Crippen molar-refractivity contribution in [1.29, 1.82) is 0 Å². The van der Waals surface area contributed by atoms with Crippen LogP contribution in [-0.4, -0.2) is 64.7 Å². The van der Waals surface area contributed by atoms with Gasteiger partial charge in [0.15, 0.2) is 0 Å². The number of amides is 3. The summed E-state index contributed by atoms with van der Waals surface area (Å²) in [5.41, 5.74) is 0. The van der Waals surface area contributed by atoms with E-state index in [1.165, 1.54) is 0 Å². The number of carboxylic acid groups (broad SMARTS) is 2. The molecule has 1 unspecified atom stereocenters. The summed E-state index contributed by atoms with van der Waals surface area (Å²) in [4.78, 5) is 44.3. The molecule has 9 heteroatoms. The van der Waals surface area contributed by atoms with Gasteiger partial charge in [-0.05, 0) is 6.42 Å². The quantitative estimate of drug-likeness (QED) is 0.462. The molecule has 4 N–H and O–H groups in total. The molecule has 1 saturated heterocycles. The fourth-order valence-corrected chi connectivity index (χ4v) is 1.68. The third-order valence-corrected chi connectivity index (χ3v) is 2.52. The summed E-state index contributed by atoms with van der Waals surface area (Å²) in [5, 5.41) is 22.2. The van der Waals surface area contributed by atoms with E-state index in [-0.39, 0.29) is 18.5 Å². The van der Waals surface area contributed by atoms with E-state index in [1.54, 1.807) is 0 Å². The van der Waals surface area contributed by atoms with Gasteiger partial charge >= 0.3 is 18.0 Å². The highest BCUT2D eigenvalue weighted by Gasteiger charge is 2.23. The summed E-state index contributed by atoms with van der Waals surface area (Å²) < 4.78 is 0. The largest absolute Gasteiger partial charge is 0.480 e. The van der Waals surface area contributed by atoms with Crippen molar-refractivity contribution in [2.75, 3.05) is 19.6 Å². The second kappa shape index (κ2) is 6.57. The van der Waals surface area contributed by atoms with E-state index in [9.17, 15) is 19.2 Å². The highest BCUT2D eigenvalue weighted by atomic mass is 16.4. The lowest BCUT2D eigenvalue weighted by molar-refractivity contribution is -0.140. The summed E-state index contributed by atoms with van der Waals surface area (Å²) in [7, 11) is 0. The maximum atomic E-state index is 11.6. The Morgan fingerprint density at radius 3 is 2.26 bits per heavy atom. The van der Waals surface area contributed by atoms with Gasteiger partial charge < -0.3 is 25.7 Å². The molecule has 9 nitrogen and oxygen atoms in total. The minimum Gasteiger partial charge on any atom is -0.480 e. The minimum absolute atomic E-state index is 0.104. The van der Waals surface area contributed by atoms with Crippen LogP contribution in [0.2, 0.25) is 0 Å². The monoisotopic (exact) mass is 273 g/mol. The Morgan fingerprint density at radius 2 is 1.84 bits per heavy atom. The first-order valence-corrected chi connectivity index (χ1v) is 5.64. The number of carbonyl (C=O) groups is 4. The van der Waals surface area contributed by atoms with E-state index in [1.807, 2.05) is 0 Å². The summed E-state index contributed by atoms with van der Waals surface area (Å²) >= 11 is 0. The van der Waals surface area contributed by atoms with Gasteiger partial charge in [-0.3, -0.25) is 14.4 Å². The zero-order valence-electron chi connectivity index (χ0n) is 10.1. The molecule has 3 amide bonds. The molecule has 0 aromatic heterocycles. The Bertz CT molecular complexity index is 381. The first-order chi connectivity index (χ1) is 8.88. The van der Waals surface area contributed by atoms with Gasteiger partial charge in [0, 0.05) is 19.0 Å². The SMILES string of the molecule is O=C(O)CN(CC(=O)O)C(=O)NCC1CCC(=O)N1. The molecule has 19 heavy (non-hydrogen) atoms. The van der Waals surface area contributed by atoms with Crippen LogP contribution in [0.4, 0.5) is 4.79 Å². The first-order valence-electron chi connectivity index (χ1n) is 5.64. The summed E-state index contributed by atoms with van der Waals surface area (Å²) in [6, 6.07) is -0.987. The van der Waals surface area contributed by atoms with Gasteiger partial charge in [-0.2, -0.15) is 0 Å². The van der Waals surface area contributed by atoms with E-state index in [0.29, 0.717) is 17.7 Å². The van der Waals surface area contributed by atoms with Crippen LogP contribution in [0, 0.1) is 0 Å². The van der Waals surface area contributed by atoms with Crippen LogP contribution >= 0.6 is 0 Å². The average Bonchev–Trinajstić information content (AvgIpc) is 2.70. The normalized spacial score (nSPS) is 17.7. The molecular weight excluding hydrogens is 258 g/mol. The van der Waals surface area contributed by atoms with Crippen molar-refractivity contribution in [1.82, 2.24) is 15.5 Å². The predicted octanol–water partition coefficient (Wildman–Crippen LogP) is -1.55. The molecule has 1 atom stereocenters. The van der Waals surface area contributed by atoms with E-state index in [4.69, 9.17) is 10.2 Å². The Kier molecular flexibility index (Phi) is 5.10. The molecular formula is C10H15N3O6. The van der Waals surface area contributed by atoms with Crippen LogP contribution in [0.3, 0.4) is 0 Å². The van der Waals surface area contributed by atoms with Gasteiger partial charge in [-0.15, -0.1) is 0 Å². The van der Waals surface area contributed by atoms with Crippen molar-refractivity contribution in [3.63, 3.8) is 0 Å². The van der Waals surface area contributed by atoms with Crippen LogP contribution in [0.15, 0.2) is 0 Å². The highest BCUT2D eigenvalue weighted by Crippen LogP contribution is 2.05. The van der Waals surface area contributed by atoms with Crippen LogP contribution in [0.1, 0.15) is 12.8 Å². The second-order valence-corrected chi connectivity index (χ2v) is 4.13. The number of urea groups is 1. The van der Waals surface area contributed by atoms with Gasteiger partial charge in [0.1, 0.15) is 13.1 Å². The van der Waals surface area contributed by atoms with Gasteiger partial charge in [0.05, 0.1) is 0 Å². The highest BCUT2D eigenvalue weighted by molar-refractivity contribution is 5.84. The molecule has 1 heterocycles. The Hall–Kier alpha value is -2.32. The summed E-state index contributed by atoms with van der Waals surface area (Å²) in [6.45, 7) is -1.26. The number of hydrogen-bond donors (Lipinski definition) is 4. The van der Waals surface area contributed by atoms with Gasteiger partial charge in [0.25, 0.3) is 0 Å². The van der Waals surface area contributed by atoms with Gasteiger partial charge in [-0.1, -0.05) is 0 Å². The topological polar surface area (TPSA) is 136 Å². The van der Waals surface area contributed by atoms with Crippen LogP contribution in [0.5, 0.6) is 0 Å². The van der Waals surface area contributed by atoms with Crippen LogP contribution in [-0.2, 0) is 14.4 Å². The molecule has 0 aromatic rings. The van der Waals surface area contributed by atoms with Gasteiger partial charge in [0.2, 0.25) is 5.91 Å². The fraction of sp³-hybridized carbons (Fsp3) is 0.600. The number of hydrogen-bond acceptors (Lipinski definition) is 4. The summed E-state index contributed by atoms with van der Waals surface area (Å²) in [6.07, 6.45) is 0.964. The zero-order valence-corrected chi connectivity index (χ0v) is 10.1. The molecule has 1 fully saturated rings. The van der Waals surface area contributed by atoms with Crippen LogP contribution in [0.25, 0.3) is 0 Å². The van der Waals surface area contributed by atoms with Crippen molar-refractivity contribution in [2.45, 2.75) is 18.9 Å². The van der Waals surface area contributed by atoms with E-state index < -0.39 is 31.1 Å². The molecule has 0 saturated carbocycles. The molecule has 0 aliphatic carbocycles. The number of nitrogens with one attached hydrogen (secondary N) is 2. The lowest BCUT2D eigenvalue weighted by Gasteiger charge is -2.20. The van der Waals surface area contributed by atoms with Crippen molar-refractivity contribution in [3.8, 4) is 0 Å². The number of carbonyl (C=O) groups excluding carboxylic acids is 2. The second-order valence-electron chi connectivity index (χ2n) is 4.13. The molecule has 106 valence electrons. The number of aliphatic carboxylic acids is 2. The van der Waals surface area contributed by atoms with Crippen molar-refractivity contribution in [2.24, 2.45) is 0 Å². The standard InChI is InChI=1S/C10H15N3O6/c14-7-2-1-6(12-7)3-11-10(19)13(4-8(15)16)5-9(17)18/h6H,1-5H2,(H,11,19)(H,12,14)(H,15,16)(H,17,18). The molecule has 1 aliphatic heterocycles. The Morgan fingerprint density at radius 1 is 1.26 bits per heavy atom. The smallest absolute Gasteiger partial charge is 0.323 e. The number of nitrogens with zero attached hydrogens (tertiary/aromatic N) is 1. The third kappa shape index (κ3) is 5.23. The lowest BCUT2D eigenvalue weighted by Crippen LogP contribution is -2.48. The Labute approximate surface area is 108 Å². The van der Waals surface area contributed by atoms with Crippen molar-refractivity contribution in [3.05, 3.63) is 0 Å². The van der Waals surface area contributed by atoms with Crippen LogP contribution < -0.4 is 10.6 Å². The molecule has 0 spiro atoms. The van der Waals surface area contributed by atoms with E-state index >= 15 is 0 Å². The molecule has 1 rings (SSSR count). The number of rotatable bonds is 6. The average molecular weight is 273 g/mol. The van der Waals surface area contributed by atoms with Crippen molar-refractivity contribution < 1.29 is 29.4 Å². The Balaban J connectivity index is 2.44. The molecule has 0 aromatic carbocycles.